The standard InChI is InChI=1S/C16H26N6O.HI/c1-10-13(4)23-15(20-10)9-19-16(17-5)18-8-7-14-11(2)21-22(6)12(14)3;/h7-9H2,1-6H3,(H2,17,18,19);1H. The van der Waals surface area contributed by atoms with Crippen LogP contribution in [0.15, 0.2) is 9.41 Å². The lowest BCUT2D eigenvalue weighted by molar-refractivity contribution is 0.464. The summed E-state index contributed by atoms with van der Waals surface area (Å²) in [6, 6.07) is 0. The fourth-order valence-corrected chi connectivity index (χ4v) is 2.48. The third kappa shape index (κ3) is 4.96. The molecule has 0 saturated carbocycles. The van der Waals surface area contributed by atoms with Crippen molar-refractivity contribution >= 4 is 29.9 Å². The first-order valence-electron chi connectivity index (χ1n) is 7.78. The second kappa shape index (κ2) is 9.05. The zero-order chi connectivity index (χ0) is 17.0. The second-order valence-corrected chi connectivity index (χ2v) is 5.62. The van der Waals surface area contributed by atoms with Crippen molar-refractivity contribution in [3.05, 3.63) is 34.3 Å². The van der Waals surface area contributed by atoms with Crippen molar-refractivity contribution in [2.75, 3.05) is 13.6 Å². The van der Waals surface area contributed by atoms with Gasteiger partial charge in [0.05, 0.1) is 17.9 Å². The zero-order valence-electron chi connectivity index (χ0n) is 15.2. The molecule has 2 N–H and O–H groups in total. The molecule has 0 aliphatic heterocycles. The highest BCUT2D eigenvalue weighted by Crippen LogP contribution is 2.11. The van der Waals surface area contributed by atoms with Gasteiger partial charge in [0.1, 0.15) is 5.76 Å². The van der Waals surface area contributed by atoms with E-state index in [0.29, 0.717) is 12.4 Å². The van der Waals surface area contributed by atoms with Crippen LogP contribution in [-0.2, 0) is 20.0 Å². The smallest absolute Gasteiger partial charge is 0.214 e. The first-order chi connectivity index (χ1) is 10.9. The van der Waals surface area contributed by atoms with Crippen LogP contribution in [0.25, 0.3) is 0 Å². The van der Waals surface area contributed by atoms with Gasteiger partial charge in [-0.05, 0) is 39.7 Å². The van der Waals surface area contributed by atoms with Gasteiger partial charge >= 0.3 is 0 Å². The van der Waals surface area contributed by atoms with E-state index in [-0.39, 0.29) is 24.0 Å². The molecule has 0 atom stereocenters. The summed E-state index contributed by atoms with van der Waals surface area (Å²) in [5, 5.41) is 11.0. The molecule has 0 amide bonds. The Bertz CT molecular complexity index is 684. The number of rotatable bonds is 5. The van der Waals surface area contributed by atoms with Gasteiger partial charge in [0, 0.05) is 26.3 Å². The van der Waals surface area contributed by atoms with Crippen molar-refractivity contribution in [1.82, 2.24) is 25.4 Å². The van der Waals surface area contributed by atoms with Gasteiger partial charge in [-0.3, -0.25) is 9.67 Å². The van der Waals surface area contributed by atoms with E-state index in [1.165, 1.54) is 11.3 Å². The Morgan fingerprint density at radius 1 is 1.17 bits per heavy atom. The minimum absolute atomic E-state index is 0. The Balaban J connectivity index is 0.00000288. The molecule has 0 aliphatic carbocycles. The molecule has 2 rings (SSSR count). The van der Waals surface area contributed by atoms with Crippen LogP contribution in [0.1, 0.15) is 34.3 Å². The highest BCUT2D eigenvalue weighted by atomic mass is 127. The Kier molecular flexibility index (Phi) is 7.71. The summed E-state index contributed by atoms with van der Waals surface area (Å²) < 4.78 is 7.47. The van der Waals surface area contributed by atoms with E-state index in [9.17, 15) is 0 Å². The molecule has 7 nitrogen and oxygen atoms in total. The minimum atomic E-state index is 0. The Morgan fingerprint density at radius 3 is 2.38 bits per heavy atom. The van der Waals surface area contributed by atoms with E-state index >= 15 is 0 Å². The van der Waals surface area contributed by atoms with Gasteiger partial charge in [0.15, 0.2) is 5.96 Å². The quantitative estimate of drug-likeness (QED) is 0.418. The van der Waals surface area contributed by atoms with Crippen LogP contribution in [0.4, 0.5) is 0 Å². The average molecular weight is 446 g/mol. The molecule has 2 heterocycles. The van der Waals surface area contributed by atoms with Crippen LogP contribution >= 0.6 is 24.0 Å². The molecule has 0 aliphatic rings. The molecular weight excluding hydrogens is 419 g/mol. The van der Waals surface area contributed by atoms with Crippen LogP contribution in [0.2, 0.25) is 0 Å². The number of aryl methyl sites for hydroxylation is 4. The van der Waals surface area contributed by atoms with E-state index in [4.69, 9.17) is 4.42 Å². The summed E-state index contributed by atoms with van der Waals surface area (Å²) in [5.74, 6) is 2.26. The average Bonchev–Trinajstić information content (AvgIpc) is 2.95. The predicted molar refractivity (Wildman–Crippen MR) is 106 cm³/mol. The largest absolute Gasteiger partial charge is 0.444 e. The number of nitrogens with one attached hydrogen (secondary N) is 2. The topological polar surface area (TPSA) is 80.3 Å². The predicted octanol–water partition coefficient (Wildman–Crippen LogP) is 2.17. The number of halogens is 1. The second-order valence-electron chi connectivity index (χ2n) is 5.62. The molecule has 2 aromatic heterocycles. The maximum Gasteiger partial charge on any atom is 0.214 e. The third-order valence-electron chi connectivity index (χ3n) is 4.03. The fourth-order valence-electron chi connectivity index (χ4n) is 2.48. The number of aromatic nitrogens is 3. The lowest BCUT2D eigenvalue weighted by Crippen LogP contribution is -2.38. The van der Waals surface area contributed by atoms with Gasteiger partial charge in [-0.15, -0.1) is 24.0 Å². The zero-order valence-corrected chi connectivity index (χ0v) is 17.6. The number of guanidine groups is 1. The first-order valence-corrected chi connectivity index (χ1v) is 7.78. The van der Waals surface area contributed by atoms with E-state index in [1.807, 2.05) is 32.5 Å². The molecule has 8 heteroatoms. The molecule has 24 heavy (non-hydrogen) atoms. The maximum absolute atomic E-state index is 5.55. The number of hydrogen-bond donors (Lipinski definition) is 2. The first kappa shape index (κ1) is 20.5. The summed E-state index contributed by atoms with van der Waals surface area (Å²) in [4.78, 5) is 8.57. The molecule has 0 bridgehead atoms. The van der Waals surface area contributed by atoms with E-state index in [1.54, 1.807) is 7.05 Å². The number of aliphatic imine (C=N–C) groups is 1. The van der Waals surface area contributed by atoms with Crippen molar-refractivity contribution < 1.29 is 4.42 Å². The minimum Gasteiger partial charge on any atom is -0.444 e. The van der Waals surface area contributed by atoms with Gasteiger partial charge in [-0.25, -0.2) is 4.98 Å². The van der Waals surface area contributed by atoms with Crippen molar-refractivity contribution in [2.24, 2.45) is 12.0 Å². The molecule has 0 unspecified atom stereocenters. The molecule has 0 spiro atoms. The highest BCUT2D eigenvalue weighted by molar-refractivity contribution is 14.0. The van der Waals surface area contributed by atoms with E-state index < -0.39 is 0 Å². The molecule has 0 saturated heterocycles. The summed E-state index contributed by atoms with van der Waals surface area (Å²) in [7, 11) is 3.72. The number of hydrogen-bond acceptors (Lipinski definition) is 4. The van der Waals surface area contributed by atoms with Gasteiger partial charge < -0.3 is 15.1 Å². The van der Waals surface area contributed by atoms with Gasteiger partial charge in [-0.2, -0.15) is 5.10 Å². The van der Waals surface area contributed by atoms with Crippen LogP contribution in [0, 0.1) is 27.7 Å². The van der Waals surface area contributed by atoms with Crippen LogP contribution in [0.5, 0.6) is 0 Å². The number of oxazole rings is 1. The molecular formula is C16H27IN6O. The summed E-state index contributed by atoms with van der Waals surface area (Å²) in [5.41, 5.74) is 4.50. The normalized spacial score (nSPS) is 11.3. The fraction of sp³-hybridized carbons (Fsp3) is 0.562. The van der Waals surface area contributed by atoms with E-state index in [2.05, 4.69) is 32.6 Å². The van der Waals surface area contributed by atoms with Crippen LogP contribution < -0.4 is 10.6 Å². The summed E-state index contributed by atoms with van der Waals surface area (Å²) in [6.07, 6.45) is 0.906. The summed E-state index contributed by atoms with van der Waals surface area (Å²) in [6.45, 7) is 9.29. The highest BCUT2D eigenvalue weighted by Gasteiger charge is 2.10. The van der Waals surface area contributed by atoms with Gasteiger partial charge in [0.2, 0.25) is 5.89 Å². The Hall–Kier alpha value is -1.58. The maximum atomic E-state index is 5.55. The Morgan fingerprint density at radius 2 is 1.88 bits per heavy atom. The third-order valence-corrected chi connectivity index (χ3v) is 4.03. The summed E-state index contributed by atoms with van der Waals surface area (Å²) >= 11 is 0. The monoisotopic (exact) mass is 446 g/mol. The van der Waals surface area contributed by atoms with Gasteiger partial charge in [0.25, 0.3) is 0 Å². The Labute approximate surface area is 160 Å². The van der Waals surface area contributed by atoms with Crippen LogP contribution in [0.3, 0.4) is 0 Å². The molecule has 2 aromatic rings. The van der Waals surface area contributed by atoms with Crippen molar-refractivity contribution in [3.63, 3.8) is 0 Å². The van der Waals surface area contributed by atoms with Crippen LogP contribution in [-0.4, -0.2) is 34.3 Å². The van der Waals surface area contributed by atoms with Crippen molar-refractivity contribution in [3.8, 4) is 0 Å². The SMILES string of the molecule is CN=C(NCCc1c(C)nn(C)c1C)NCc1nc(C)c(C)o1.I. The molecule has 0 radical (unpaired) electrons. The molecule has 0 fully saturated rings. The lowest BCUT2D eigenvalue weighted by Gasteiger charge is -2.10. The van der Waals surface area contributed by atoms with Crippen molar-refractivity contribution in [1.29, 1.82) is 0 Å². The molecule has 0 aromatic carbocycles. The van der Waals surface area contributed by atoms with Crippen molar-refractivity contribution in [2.45, 2.75) is 40.7 Å². The lowest BCUT2D eigenvalue weighted by atomic mass is 10.1. The van der Waals surface area contributed by atoms with E-state index in [0.717, 1.165) is 36.1 Å². The molecule has 134 valence electrons. The number of nitrogens with zero attached hydrogens (tertiary/aromatic N) is 4. The van der Waals surface area contributed by atoms with Gasteiger partial charge in [-0.1, -0.05) is 0 Å².